The van der Waals surface area contributed by atoms with Crippen LogP contribution in [0.5, 0.6) is 0 Å². The van der Waals surface area contributed by atoms with E-state index in [1.807, 2.05) is 36.4 Å². The summed E-state index contributed by atoms with van der Waals surface area (Å²) in [6.07, 6.45) is 0.862. The second-order valence-electron chi connectivity index (χ2n) is 6.37. The minimum absolute atomic E-state index is 0.00224. The van der Waals surface area contributed by atoms with Crippen LogP contribution in [0.3, 0.4) is 0 Å². The maximum atomic E-state index is 5.92. The van der Waals surface area contributed by atoms with Gasteiger partial charge >= 0.3 is 0 Å². The van der Waals surface area contributed by atoms with Gasteiger partial charge in [0.05, 0.1) is 0 Å². The van der Waals surface area contributed by atoms with Gasteiger partial charge in [-0.15, -0.1) is 0 Å². The van der Waals surface area contributed by atoms with E-state index in [4.69, 9.17) is 19.5 Å². The maximum absolute atomic E-state index is 5.92. The molecule has 4 rings (SSSR count). The first-order valence-corrected chi connectivity index (χ1v) is 8.86. The van der Waals surface area contributed by atoms with Crippen molar-refractivity contribution in [2.75, 3.05) is 13.2 Å². The van der Waals surface area contributed by atoms with Crippen LogP contribution in [0.2, 0.25) is 0 Å². The van der Waals surface area contributed by atoms with E-state index >= 15 is 0 Å². The van der Waals surface area contributed by atoms with E-state index in [1.54, 1.807) is 0 Å². The van der Waals surface area contributed by atoms with E-state index in [1.165, 1.54) is 11.1 Å². The molecule has 4 heteroatoms. The highest BCUT2D eigenvalue weighted by Gasteiger charge is 2.33. The number of nitrogens with zero attached hydrogens (tertiary/aromatic N) is 2. The average Bonchev–Trinajstić information content (AvgIpc) is 3.35. The summed E-state index contributed by atoms with van der Waals surface area (Å²) in [4.78, 5) is 9.61. The molecule has 0 aromatic heterocycles. The predicted octanol–water partition coefficient (Wildman–Crippen LogP) is 4.35. The fourth-order valence-corrected chi connectivity index (χ4v) is 3.31. The molecular weight excluding hydrogens is 312 g/mol. The molecule has 0 spiro atoms. The van der Waals surface area contributed by atoms with Crippen molar-refractivity contribution in [1.29, 1.82) is 0 Å². The minimum atomic E-state index is 0.00224. The molecule has 2 aliphatic rings. The van der Waals surface area contributed by atoms with Gasteiger partial charge < -0.3 is 9.47 Å². The van der Waals surface area contributed by atoms with E-state index in [-0.39, 0.29) is 18.0 Å². The Morgan fingerprint density at radius 3 is 1.64 bits per heavy atom. The third-order valence-corrected chi connectivity index (χ3v) is 4.72. The molecule has 4 nitrogen and oxygen atoms in total. The summed E-state index contributed by atoms with van der Waals surface area (Å²) in [7, 11) is 0. The van der Waals surface area contributed by atoms with Crippen molar-refractivity contribution >= 4 is 11.8 Å². The fraction of sp³-hybridized carbons (Fsp3) is 0.333. The summed E-state index contributed by atoms with van der Waals surface area (Å²) in [5.74, 6) is 1.51. The number of ether oxygens (including phenoxy) is 2. The molecule has 0 amide bonds. The van der Waals surface area contributed by atoms with Crippen molar-refractivity contribution in [1.82, 2.24) is 0 Å². The van der Waals surface area contributed by atoms with Gasteiger partial charge in [-0.3, -0.25) is 0 Å². The van der Waals surface area contributed by atoms with E-state index in [2.05, 4.69) is 31.2 Å². The second-order valence-corrected chi connectivity index (χ2v) is 6.37. The summed E-state index contributed by atoms with van der Waals surface area (Å²) < 4.78 is 11.8. The Kier molecular flexibility index (Phi) is 4.51. The Morgan fingerprint density at radius 2 is 1.24 bits per heavy atom. The van der Waals surface area contributed by atoms with Crippen LogP contribution in [0.4, 0.5) is 0 Å². The van der Waals surface area contributed by atoms with Crippen molar-refractivity contribution in [2.24, 2.45) is 15.9 Å². The zero-order valence-electron chi connectivity index (χ0n) is 14.3. The molecule has 0 aliphatic carbocycles. The molecule has 2 aliphatic heterocycles. The van der Waals surface area contributed by atoms with Crippen molar-refractivity contribution in [3.8, 4) is 0 Å². The lowest BCUT2D eigenvalue weighted by atomic mass is 10.1. The van der Waals surface area contributed by atoms with Gasteiger partial charge in [0.25, 0.3) is 0 Å². The van der Waals surface area contributed by atoms with Crippen LogP contribution in [0, 0.1) is 5.92 Å². The molecule has 0 unspecified atom stereocenters. The SMILES string of the molecule is CCC(C1=N[C@H](c2ccccc2)CO1)C1=N[C@H](c2ccccc2)CO1. The first-order chi connectivity index (χ1) is 12.3. The maximum Gasteiger partial charge on any atom is 0.196 e. The third-order valence-electron chi connectivity index (χ3n) is 4.72. The smallest absolute Gasteiger partial charge is 0.196 e. The Hall–Kier alpha value is -2.62. The first kappa shape index (κ1) is 15.9. The summed E-state index contributed by atoms with van der Waals surface area (Å²) in [6, 6.07) is 20.7. The van der Waals surface area contributed by atoms with Crippen LogP contribution >= 0.6 is 0 Å². The van der Waals surface area contributed by atoms with Crippen LogP contribution in [0.25, 0.3) is 0 Å². The lowest BCUT2D eigenvalue weighted by molar-refractivity contribution is 0.283. The summed E-state index contributed by atoms with van der Waals surface area (Å²) in [5.41, 5.74) is 2.37. The van der Waals surface area contributed by atoms with Gasteiger partial charge in [-0.1, -0.05) is 67.6 Å². The lowest BCUT2D eigenvalue weighted by Crippen LogP contribution is -2.24. The van der Waals surface area contributed by atoms with Gasteiger partial charge in [-0.2, -0.15) is 0 Å². The van der Waals surface area contributed by atoms with E-state index in [9.17, 15) is 0 Å². The number of hydrogen-bond donors (Lipinski definition) is 0. The number of aliphatic imine (C=N–C) groups is 2. The van der Waals surface area contributed by atoms with E-state index in [0.29, 0.717) is 13.2 Å². The average molecular weight is 334 g/mol. The van der Waals surface area contributed by atoms with E-state index in [0.717, 1.165) is 18.2 Å². The van der Waals surface area contributed by atoms with Gasteiger partial charge in [0.15, 0.2) is 11.8 Å². The minimum Gasteiger partial charge on any atom is -0.478 e. The molecule has 0 bridgehead atoms. The molecule has 0 saturated carbocycles. The number of benzene rings is 2. The Labute approximate surface area is 148 Å². The Morgan fingerprint density at radius 1 is 0.800 bits per heavy atom. The number of hydrogen-bond acceptors (Lipinski definition) is 4. The Balaban J connectivity index is 1.53. The highest BCUT2D eigenvalue weighted by atomic mass is 16.5. The monoisotopic (exact) mass is 334 g/mol. The third kappa shape index (κ3) is 3.29. The molecule has 25 heavy (non-hydrogen) atoms. The first-order valence-electron chi connectivity index (χ1n) is 8.86. The molecule has 0 saturated heterocycles. The predicted molar refractivity (Wildman–Crippen MR) is 98.9 cm³/mol. The zero-order chi connectivity index (χ0) is 17.1. The van der Waals surface area contributed by atoms with Crippen molar-refractivity contribution in [2.45, 2.75) is 25.4 Å². The molecule has 0 fully saturated rings. The molecule has 2 aromatic rings. The van der Waals surface area contributed by atoms with E-state index < -0.39 is 0 Å². The lowest BCUT2D eigenvalue weighted by Gasteiger charge is -2.13. The largest absolute Gasteiger partial charge is 0.478 e. The topological polar surface area (TPSA) is 43.2 Å². The molecule has 2 aromatic carbocycles. The molecule has 2 atom stereocenters. The molecule has 0 radical (unpaired) electrons. The van der Waals surface area contributed by atoms with Crippen LogP contribution in [0.1, 0.15) is 36.6 Å². The van der Waals surface area contributed by atoms with Gasteiger partial charge in [-0.05, 0) is 17.5 Å². The molecule has 128 valence electrons. The fourth-order valence-electron chi connectivity index (χ4n) is 3.31. The van der Waals surface area contributed by atoms with Crippen LogP contribution in [0.15, 0.2) is 70.6 Å². The quantitative estimate of drug-likeness (QED) is 0.816. The second kappa shape index (κ2) is 7.09. The van der Waals surface area contributed by atoms with Crippen molar-refractivity contribution < 1.29 is 9.47 Å². The molecular formula is C21H22N2O2. The van der Waals surface area contributed by atoms with Crippen LogP contribution in [-0.4, -0.2) is 25.0 Å². The van der Waals surface area contributed by atoms with Gasteiger partial charge in [0.1, 0.15) is 31.2 Å². The highest BCUT2D eigenvalue weighted by molar-refractivity contribution is 6.01. The number of rotatable bonds is 5. The summed E-state index contributed by atoms with van der Waals surface area (Å²) >= 11 is 0. The summed E-state index contributed by atoms with van der Waals surface area (Å²) in [5, 5.41) is 0. The summed E-state index contributed by atoms with van der Waals surface area (Å²) in [6.45, 7) is 3.30. The van der Waals surface area contributed by atoms with Crippen molar-refractivity contribution in [3.63, 3.8) is 0 Å². The zero-order valence-corrected chi connectivity index (χ0v) is 14.3. The van der Waals surface area contributed by atoms with Crippen LogP contribution in [-0.2, 0) is 9.47 Å². The van der Waals surface area contributed by atoms with Crippen LogP contribution < -0.4 is 0 Å². The molecule has 0 N–H and O–H groups in total. The standard InChI is InChI=1S/C21H22N2O2/c1-2-17(20-22-18(13-24-20)15-9-5-3-6-10-15)21-23-19(14-25-21)16-11-7-4-8-12-16/h3-12,17-19H,2,13-14H2,1H3/t18-,19-/m0/s1. The van der Waals surface area contributed by atoms with Gasteiger partial charge in [0, 0.05) is 0 Å². The Bertz CT molecular complexity index is 705. The van der Waals surface area contributed by atoms with Gasteiger partial charge in [0.2, 0.25) is 0 Å². The highest BCUT2D eigenvalue weighted by Crippen LogP contribution is 2.30. The van der Waals surface area contributed by atoms with Crippen molar-refractivity contribution in [3.05, 3.63) is 71.8 Å². The molecule has 2 heterocycles. The van der Waals surface area contributed by atoms with Gasteiger partial charge in [-0.25, -0.2) is 9.98 Å². The normalized spacial score (nSPS) is 22.3.